The van der Waals surface area contributed by atoms with Crippen molar-refractivity contribution in [2.45, 2.75) is 13.5 Å². The molecule has 6 nitrogen and oxygen atoms in total. The molecule has 0 aliphatic carbocycles. The first-order valence-corrected chi connectivity index (χ1v) is 7.15. The number of aromatic nitrogens is 3. The SMILES string of the molecule is Cc1cccc(COc2nccc(N3CCNCC3)n2)n1. The summed E-state index contributed by atoms with van der Waals surface area (Å²) < 4.78 is 5.65. The number of piperazine rings is 1. The second-order valence-electron chi connectivity index (χ2n) is 4.99. The Labute approximate surface area is 124 Å². The van der Waals surface area contributed by atoms with Crippen molar-refractivity contribution in [1.29, 1.82) is 0 Å². The average Bonchev–Trinajstić information content (AvgIpc) is 2.54. The third-order valence-electron chi connectivity index (χ3n) is 3.35. The number of aryl methyl sites for hydroxylation is 1. The van der Waals surface area contributed by atoms with Gasteiger partial charge in [0.05, 0.1) is 5.69 Å². The van der Waals surface area contributed by atoms with E-state index in [1.54, 1.807) is 6.20 Å². The lowest BCUT2D eigenvalue weighted by atomic mass is 10.3. The highest BCUT2D eigenvalue weighted by atomic mass is 16.5. The number of nitrogens with zero attached hydrogens (tertiary/aromatic N) is 4. The van der Waals surface area contributed by atoms with Crippen LogP contribution in [0.1, 0.15) is 11.4 Å². The average molecular weight is 285 g/mol. The Morgan fingerprint density at radius 1 is 1.19 bits per heavy atom. The Bertz CT molecular complexity index is 598. The van der Waals surface area contributed by atoms with Crippen LogP contribution in [0.5, 0.6) is 6.01 Å². The molecule has 0 spiro atoms. The molecule has 0 atom stereocenters. The van der Waals surface area contributed by atoms with E-state index in [9.17, 15) is 0 Å². The van der Waals surface area contributed by atoms with Gasteiger partial charge in [-0.05, 0) is 25.1 Å². The molecule has 3 heterocycles. The van der Waals surface area contributed by atoms with Gasteiger partial charge in [-0.2, -0.15) is 4.98 Å². The van der Waals surface area contributed by atoms with E-state index in [4.69, 9.17) is 4.74 Å². The summed E-state index contributed by atoms with van der Waals surface area (Å²) in [7, 11) is 0. The van der Waals surface area contributed by atoms with Crippen molar-refractivity contribution < 1.29 is 4.74 Å². The summed E-state index contributed by atoms with van der Waals surface area (Å²) in [5.41, 5.74) is 1.86. The molecule has 6 heteroatoms. The number of nitrogens with one attached hydrogen (secondary N) is 1. The van der Waals surface area contributed by atoms with Crippen LogP contribution in [0.15, 0.2) is 30.5 Å². The molecule has 110 valence electrons. The van der Waals surface area contributed by atoms with Crippen molar-refractivity contribution in [3.63, 3.8) is 0 Å². The third kappa shape index (κ3) is 3.66. The number of ether oxygens (including phenoxy) is 1. The molecule has 0 saturated carbocycles. The molecule has 0 amide bonds. The minimum absolute atomic E-state index is 0.382. The highest BCUT2D eigenvalue weighted by molar-refractivity contribution is 5.38. The highest BCUT2D eigenvalue weighted by Crippen LogP contribution is 2.14. The standard InChI is InChI=1S/C15H19N5O/c1-12-3-2-4-13(18-12)11-21-15-17-6-5-14(19-15)20-9-7-16-8-10-20/h2-6,16H,7-11H2,1H3. The van der Waals surface area contributed by atoms with Crippen LogP contribution in [0.25, 0.3) is 0 Å². The molecule has 2 aromatic rings. The minimum atomic E-state index is 0.382. The Hall–Kier alpha value is -2.21. The van der Waals surface area contributed by atoms with Gasteiger partial charge in [-0.1, -0.05) is 6.07 Å². The topological polar surface area (TPSA) is 63.2 Å². The van der Waals surface area contributed by atoms with Crippen LogP contribution in [0, 0.1) is 6.92 Å². The van der Waals surface area contributed by atoms with Crippen LogP contribution in [0.3, 0.4) is 0 Å². The van der Waals surface area contributed by atoms with Crippen molar-refractivity contribution >= 4 is 5.82 Å². The number of hydrogen-bond acceptors (Lipinski definition) is 6. The van der Waals surface area contributed by atoms with Crippen LogP contribution in [-0.4, -0.2) is 41.1 Å². The Morgan fingerprint density at radius 2 is 2.05 bits per heavy atom. The molecule has 2 aromatic heterocycles. The fourth-order valence-electron chi connectivity index (χ4n) is 2.29. The van der Waals surface area contributed by atoms with Gasteiger partial charge in [0.15, 0.2) is 0 Å². The van der Waals surface area contributed by atoms with E-state index >= 15 is 0 Å². The lowest BCUT2D eigenvalue weighted by molar-refractivity contribution is 0.276. The largest absolute Gasteiger partial charge is 0.457 e. The van der Waals surface area contributed by atoms with Crippen molar-refractivity contribution in [3.05, 3.63) is 41.9 Å². The molecule has 0 radical (unpaired) electrons. The maximum atomic E-state index is 5.65. The predicted octanol–water partition coefficient (Wildman–Crippen LogP) is 1.17. The first-order chi connectivity index (χ1) is 10.3. The van der Waals surface area contributed by atoms with Crippen molar-refractivity contribution in [2.75, 3.05) is 31.1 Å². The lowest BCUT2D eigenvalue weighted by Crippen LogP contribution is -2.43. The molecule has 0 unspecified atom stereocenters. The van der Waals surface area contributed by atoms with E-state index in [0.717, 1.165) is 43.4 Å². The Balaban J connectivity index is 1.65. The van der Waals surface area contributed by atoms with Gasteiger partial charge in [-0.25, -0.2) is 4.98 Å². The summed E-state index contributed by atoms with van der Waals surface area (Å²) in [5, 5.41) is 3.33. The zero-order valence-electron chi connectivity index (χ0n) is 12.1. The molecule has 21 heavy (non-hydrogen) atoms. The summed E-state index contributed by atoms with van der Waals surface area (Å²) in [4.78, 5) is 15.3. The lowest BCUT2D eigenvalue weighted by Gasteiger charge is -2.28. The Morgan fingerprint density at radius 3 is 2.86 bits per heavy atom. The van der Waals surface area contributed by atoms with Crippen LogP contribution < -0.4 is 15.0 Å². The van der Waals surface area contributed by atoms with Crippen LogP contribution in [0.2, 0.25) is 0 Å². The first kappa shape index (κ1) is 13.8. The molecule has 1 aliphatic rings. The molecule has 1 saturated heterocycles. The zero-order valence-corrected chi connectivity index (χ0v) is 12.1. The second-order valence-corrected chi connectivity index (χ2v) is 4.99. The summed E-state index contributed by atoms with van der Waals surface area (Å²) >= 11 is 0. The normalized spacial score (nSPS) is 15.0. The van der Waals surface area contributed by atoms with Crippen molar-refractivity contribution in [2.24, 2.45) is 0 Å². The van der Waals surface area contributed by atoms with Crippen molar-refractivity contribution in [3.8, 4) is 6.01 Å². The van der Waals surface area contributed by atoms with E-state index in [1.165, 1.54) is 0 Å². The van der Waals surface area contributed by atoms with Gasteiger partial charge < -0.3 is 15.0 Å². The third-order valence-corrected chi connectivity index (χ3v) is 3.35. The van der Waals surface area contributed by atoms with Gasteiger partial charge in [-0.3, -0.25) is 4.98 Å². The van der Waals surface area contributed by atoms with Crippen LogP contribution in [-0.2, 0) is 6.61 Å². The van der Waals surface area contributed by atoms with E-state index in [0.29, 0.717) is 12.6 Å². The first-order valence-electron chi connectivity index (χ1n) is 7.15. The number of rotatable bonds is 4. The monoisotopic (exact) mass is 285 g/mol. The predicted molar refractivity (Wildman–Crippen MR) is 80.4 cm³/mol. The van der Waals surface area contributed by atoms with Gasteiger partial charge >= 0.3 is 6.01 Å². The molecular formula is C15H19N5O. The second kappa shape index (κ2) is 6.49. The number of anilines is 1. The fraction of sp³-hybridized carbons (Fsp3) is 0.400. The molecule has 3 rings (SSSR count). The van der Waals surface area contributed by atoms with E-state index in [1.807, 2.05) is 31.2 Å². The van der Waals surface area contributed by atoms with Crippen molar-refractivity contribution in [1.82, 2.24) is 20.3 Å². The smallest absolute Gasteiger partial charge is 0.318 e. The number of pyridine rings is 1. The van der Waals surface area contributed by atoms with Crippen LogP contribution in [0.4, 0.5) is 5.82 Å². The zero-order chi connectivity index (χ0) is 14.5. The maximum Gasteiger partial charge on any atom is 0.318 e. The quantitative estimate of drug-likeness (QED) is 0.910. The van der Waals surface area contributed by atoms with Gasteiger partial charge in [0.2, 0.25) is 0 Å². The van der Waals surface area contributed by atoms with Gasteiger partial charge in [0.1, 0.15) is 12.4 Å². The van der Waals surface area contributed by atoms with Gasteiger partial charge in [0, 0.05) is 38.1 Å². The summed E-state index contributed by atoms with van der Waals surface area (Å²) in [5.74, 6) is 0.915. The van der Waals surface area contributed by atoms with Gasteiger partial charge in [0.25, 0.3) is 0 Å². The van der Waals surface area contributed by atoms with Crippen LogP contribution >= 0.6 is 0 Å². The molecular weight excluding hydrogens is 266 g/mol. The molecule has 0 aromatic carbocycles. The number of hydrogen-bond donors (Lipinski definition) is 1. The molecule has 0 bridgehead atoms. The maximum absolute atomic E-state index is 5.65. The molecule has 1 N–H and O–H groups in total. The summed E-state index contributed by atoms with van der Waals surface area (Å²) in [6, 6.07) is 8.19. The summed E-state index contributed by atoms with van der Waals surface area (Å²) in [6.07, 6.45) is 1.74. The van der Waals surface area contributed by atoms with E-state index < -0.39 is 0 Å². The Kier molecular flexibility index (Phi) is 4.25. The van der Waals surface area contributed by atoms with Gasteiger partial charge in [-0.15, -0.1) is 0 Å². The highest BCUT2D eigenvalue weighted by Gasteiger charge is 2.12. The van der Waals surface area contributed by atoms with E-state index in [-0.39, 0.29) is 0 Å². The fourth-order valence-corrected chi connectivity index (χ4v) is 2.29. The molecule has 1 aliphatic heterocycles. The molecule has 1 fully saturated rings. The summed E-state index contributed by atoms with van der Waals surface area (Å²) in [6.45, 7) is 6.21. The minimum Gasteiger partial charge on any atom is -0.457 e. The van der Waals surface area contributed by atoms with E-state index in [2.05, 4.69) is 25.2 Å².